The predicted octanol–water partition coefficient (Wildman–Crippen LogP) is 6.09. The first kappa shape index (κ1) is 24.9. The summed E-state index contributed by atoms with van der Waals surface area (Å²) in [5.74, 6) is -0.523. The fourth-order valence-electron chi connectivity index (χ4n) is 3.13. The van der Waals surface area contributed by atoms with Crippen molar-refractivity contribution < 1.29 is 14.8 Å². The Kier molecular flexibility index (Phi) is 7.01. The van der Waals surface area contributed by atoms with Crippen LogP contribution in [0.1, 0.15) is 58.2 Å². The van der Waals surface area contributed by atoms with Gasteiger partial charge in [0.2, 0.25) is 0 Å². The molecule has 0 fully saturated rings. The van der Waals surface area contributed by atoms with Crippen molar-refractivity contribution in [2.75, 3.05) is 5.32 Å². The van der Waals surface area contributed by atoms with Gasteiger partial charge in [0.1, 0.15) is 22.4 Å². The molecule has 0 bridgehead atoms. The van der Waals surface area contributed by atoms with Gasteiger partial charge in [0, 0.05) is 22.9 Å². The van der Waals surface area contributed by atoms with Gasteiger partial charge >= 0.3 is 0 Å². The summed E-state index contributed by atoms with van der Waals surface area (Å²) in [7, 11) is 0. The molecule has 32 heavy (non-hydrogen) atoms. The SMILES string of the molecule is CC(C)(C)c1cc(C=C(C#N)C(=O)Nc2ccc(Cl)c([N+](=O)[O-])c2)cc(C(C)(C)C)c1O. The van der Waals surface area contributed by atoms with E-state index >= 15 is 0 Å². The topological polar surface area (TPSA) is 116 Å². The quantitative estimate of drug-likeness (QED) is 0.250. The Balaban J connectivity index is 2.51. The van der Waals surface area contributed by atoms with E-state index in [-0.39, 0.29) is 38.6 Å². The average Bonchev–Trinajstić information content (AvgIpc) is 2.66. The van der Waals surface area contributed by atoms with Crippen LogP contribution in [0.25, 0.3) is 6.08 Å². The molecule has 168 valence electrons. The molecule has 1 amide bonds. The lowest BCUT2D eigenvalue weighted by Gasteiger charge is -2.28. The maximum atomic E-state index is 12.7. The van der Waals surface area contributed by atoms with Gasteiger partial charge in [-0.25, -0.2) is 0 Å². The summed E-state index contributed by atoms with van der Waals surface area (Å²) >= 11 is 5.80. The number of carbonyl (C=O) groups excluding carboxylic acids is 1. The fraction of sp³-hybridized carbons (Fsp3) is 0.333. The summed E-state index contributed by atoms with van der Waals surface area (Å²) in [5.41, 5.74) is 0.846. The zero-order valence-corrected chi connectivity index (χ0v) is 19.7. The Hall–Kier alpha value is -3.37. The zero-order valence-electron chi connectivity index (χ0n) is 18.9. The van der Waals surface area contributed by atoms with Gasteiger partial charge in [0.05, 0.1) is 4.92 Å². The molecule has 2 rings (SSSR count). The van der Waals surface area contributed by atoms with E-state index in [1.807, 2.05) is 47.6 Å². The lowest BCUT2D eigenvalue weighted by molar-refractivity contribution is -0.384. The molecule has 2 N–H and O–H groups in total. The minimum atomic E-state index is -0.716. The van der Waals surface area contributed by atoms with Gasteiger partial charge in [-0.3, -0.25) is 14.9 Å². The third-order valence-corrected chi connectivity index (χ3v) is 5.14. The van der Waals surface area contributed by atoms with E-state index in [0.29, 0.717) is 16.7 Å². The highest BCUT2D eigenvalue weighted by atomic mass is 35.5. The van der Waals surface area contributed by atoms with E-state index in [1.54, 1.807) is 12.1 Å². The number of hydrogen-bond donors (Lipinski definition) is 2. The van der Waals surface area contributed by atoms with Crippen LogP contribution in [-0.4, -0.2) is 15.9 Å². The number of amides is 1. The number of hydrogen-bond acceptors (Lipinski definition) is 5. The number of halogens is 1. The maximum absolute atomic E-state index is 12.7. The molecule has 0 unspecified atom stereocenters. The van der Waals surface area contributed by atoms with E-state index in [1.165, 1.54) is 18.2 Å². The molecule has 0 saturated carbocycles. The minimum Gasteiger partial charge on any atom is -0.507 e. The van der Waals surface area contributed by atoms with E-state index in [9.17, 15) is 25.3 Å². The Morgan fingerprint density at radius 3 is 2.09 bits per heavy atom. The number of nitrogens with zero attached hydrogens (tertiary/aromatic N) is 2. The summed E-state index contributed by atoms with van der Waals surface area (Å²) in [6.07, 6.45) is 1.43. The highest BCUT2D eigenvalue weighted by molar-refractivity contribution is 6.32. The molecule has 0 radical (unpaired) electrons. The van der Waals surface area contributed by atoms with Crippen molar-refractivity contribution in [2.45, 2.75) is 52.4 Å². The van der Waals surface area contributed by atoms with E-state index < -0.39 is 10.8 Å². The highest BCUT2D eigenvalue weighted by Crippen LogP contribution is 2.40. The van der Waals surface area contributed by atoms with Gasteiger partial charge in [-0.05, 0) is 46.7 Å². The van der Waals surface area contributed by atoms with Crippen molar-refractivity contribution in [3.8, 4) is 11.8 Å². The molecular weight excluding hydrogens is 430 g/mol. The number of aromatic hydroxyl groups is 1. The van der Waals surface area contributed by atoms with Crippen LogP contribution in [0.5, 0.6) is 5.75 Å². The second-order valence-corrected chi connectivity index (χ2v) is 9.92. The van der Waals surface area contributed by atoms with Gasteiger partial charge in [-0.2, -0.15) is 5.26 Å². The second kappa shape index (κ2) is 9.01. The number of phenolic OH excluding ortho intramolecular Hbond substituents is 1. The number of nitrogens with one attached hydrogen (secondary N) is 1. The van der Waals surface area contributed by atoms with Gasteiger partial charge in [-0.15, -0.1) is 0 Å². The number of benzene rings is 2. The van der Waals surface area contributed by atoms with Crippen LogP contribution >= 0.6 is 11.6 Å². The average molecular weight is 456 g/mol. The van der Waals surface area contributed by atoms with Gasteiger partial charge in [0.15, 0.2) is 0 Å². The van der Waals surface area contributed by atoms with Gasteiger partial charge < -0.3 is 10.4 Å². The molecule has 0 atom stereocenters. The molecule has 2 aromatic rings. The summed E-state index contributed by atoms with van der Waals surface area (Å²) in [6.45, 7) is 11.8. The number of nitriles is 1. The first-order valence-electron chi connectivity index (χ1n) is 9.90. The molecule has 0 aromatic heterocycles. The van der Waals surface area contributed by atoms with Crippen molar-refractivity contribution in [2.24, 2.45) is 0 Å². The van der Waals surface area contributed by atoms with Crippen molar-refractivity contribution in [1.82, 2.24) is 0 Å². The number of anilines is 1. The smallest absolute Gasteiger partial charge is 0.289 e. The molecule has 0 aliphatic carbocycles. The number of phenols is 1. The third-order valence-electron chi connectivity index (χ3n) is 4.83. The molecule has 0 aliphatic heterocycles. The maximum Gasteiger partial charge on any atom is 0.289 e. The Morgan fingerprint density at radius 2 is 1.66 bits per heavy atom. The lowest BCUT2D eigenvalue weighted by atomic mass is 9.78. The summed E-state index contributed by atoms with van der Waals surface area (Å²) in [6, 6.07) is 9.23. The van der Waals surface area contributed by atoms with Crippen molar-refractivity contribution >= 4 is 35.0 Å². The lowest BCUT2D eigenvalue weighted by Crippen LogP contribution is -2.18. The van der Waals surface area contributed by atoms with E-state index in [2.05, 4.69) is 5.32 Å². The first-order valence-corrected chi connectivity index (χ1v) is 10.3. The Labute approximate surface area is 192 Å². The van der Waals surface area contributed by atoms with Crippen molar-refractivity contribution in [3.63, 3.8) is 0 Å². The van der Waals surface area contributed by atoms with Crippen LogP contribution in [0.2, 0.25) is 5.02 Å². The molecule has 0 saturated heterocycles. The molecule has 0 heterocycles. The Morgan fingerprint density at radius 1 is 1.12 bits per heavy atom. The zero-order chi connectivity index (χ0) is 24.4. The molecular formula is C24H26ClN3O4. The molecule has 0 spiro atoms. The summed E-state index contributed by atoms with van der Waals surface area (Å²) < 4.78 is 0. The fourth-order valence-corrected chi connectivity index (χ4v) is 3.31. The van der Waals surface area contributed by atoms with Gasteiger partial charge in [-0.1, -0.05) is 53.1 Å². The number of rotatable bonds is 4. The predicted molar refractivity (Wildman–Crippen MR) is 126 cm³/mol. The Bertz CT molecular complexity index is 1110. The first-order chi connectivity index (χ1) is 14.6. The molecule has 8 heteroatoms. The standard InChI is InChI=1S/C24H26ClN3O4/c1-23(2,3)17-10-14(11-18(21(17)29)24(4,5)6)9-15(13-26)22(30)27-16-7-8-19(25)20(12-16)28(31)32/h7-12,29H,1-6H3,(H,27,30). The summed E-state index contributed by atoms with van der Waals surface area (Å²) in [5, 5.41) is 33.9. The third kappa shape index (κ3) is 5.65. The number of nitro benzene ring substituents is 1. The second-order valence-electron chi connectivity index (χ2n) is 9.51. The molecule has 0 aliphatic rings. The highest BCUT2D eigenvalue weighted by Gasteiger charge is 2.26. The van der Waals surface area contributed by atoms with Crippen LogP contribution in [0.4, 0.5) is 11.4 Å². The van der Waals surface area contributed by atoms with E-state index in [0.717, 1.165) is 6.07 Å². The van der Waals surface area contributed by atoms with Crippen LogP contribution < -0.4 is 5.32 Å². The molecule has 7 nitrogen and oxygen atoms in total. The molecule has 2 aromatic carbocycles. The van der Waals surface area contributed by atoms with Crippen molar-refractivity contribution in [1.29, 1.82) is 5.26 Å². The normalized spacial score (nSPS) is 12.2. The van der Waals surface area contributed by atoms with Crippen LogP contribution in [0, 0.1) is 21.4 Å². The monoisotopic (exact) mass is 455 g/mol. The van der Waals surface area contributed by atoms with E-state index in [4.69, 9.17) is 11.6 Å². The number of nitro groups is 1. The largest absolute Gasteiger partial charge is 0.507 e. The van der Waals surface area contributed by atoms with Crippen molar-refractivity contribution in [3.05, 3.63) is 67.7 Å². The summed E-state index contributed by atoms with van der Waals surface area (Å²) in [4.78, 5) is 23.1. The number of carbonyl (C=O) groups is 1. The van der Waals surface area contributed by atoms with Gasteiger partial charge in [0.25, 0.3) is 11.6 Å². The van der Waals surface area contributed by atoms with Crippen LogP contribution in [0.15, 0.2) is 35.9 Å². The van der Waals surface area contributed by atoms with Crippen LogP contribution in [-0.2, 0) is 15.6 Å². The minimum absolute atomic E-state index is 0.0578. The van der Waals surface area contributed by atoms with Crippen LogP contribution in [0.3, 0.4) is 0 Å².